The maximum atomic E-state index is 11.8. The Hall–Kier alpha value is -2.97. The number of nitrogens with zero attached hydrogens (tertiary/aromatic N) is 2. The summed E-state index contributed by atoms with van der Waals surface area (Å²) >= 11 is 0. The average molecular weight is 277 g/mol. The first kappa shape index (κ1) is 13.5. The van der Waals surface area contributed by atoms with E-state index in [2.05, 4.69) is 20.3 Å². The summed E-state index contributed by atoms with van der Waals surface area (Å²) in [5, 5.41) is 13.1. The fraction of sp³-hybridized carbons (Fsp3) is 0.182. The van der Waals surface area contributed by atoms with Crippen LogP contribution in [0, 0.1) is 10.1 Å². The number of nitro groups is 1. The van der Waals surface area contributed by atoms with Gasteiger partial charge in [0.15, 0.2) is 0 Å². The molecule has 0 unspecified atom stereocenters. The SMILES string of the molecule is O=C(NCCc1ncc[nH]1)c1cc([N+](=O)[O-])c[nH]c1=O. The minimum absolute atomic E-state index is 0.258. The number of carbonyl (C=O) groups excluding carboxylic acids is 1. The summed E-state index contributed by atoms with van der Waals surface area (Å²) in [6.45, 7) is 0.258. The van der Waals surface area contributed by atoms with Crippen LogP contribution in [0.4, 0.5) is 5.69 Å². The second-order valence-corrected chi connectivity index (χ2v) is 3.90. The van der Waals surface area contributed by atoms with Gasteiger partial charge in [0.05, 0.1) is 11.1 Å². The molecule has 0 saturated carbocycles. The normalized spacial score (nSPS) is 10.2. The lowest BCUT2D eigenvalue weighted by molar-refractivity contribution is -0.385. The molecule has 0 radical (unpaired) electrons. The van der Waals surface area contributed by atoms with Gasteiger partial charge in [0.1, 0.15) is 11.4 Å². The van der Waals surface area contributed by atoms with Crippen molar-refractivity contribution in [3.05, 3.63) is 56.5 Å². The summed E-state index contributed by atoms with van der Waals surface area (Å²) in [5.74, 6) is 0.0276. The molecule has 104 valence electrons. The van der Waals surface area contributed by atoms with E-state index in [4.69, 9.17) is 0 Å². The number of imidazole rings is 1. The first-order chi connectivity index (χ1) is 9.58. The van der Waals surface area contributed by atoms with E-state index in [9.17, 15) is 19.7 Å². The molecule has 0 aliphatic rings. The largest absolute Gasteiger partial charge is 0.351 e. The maximum Gasteiger partial charge on any atom is 0.286 e. The molecule has 0 saturated heterocycles. The topological polar surface area (TPSA) is 134 Å². The van der Waals surface area contributed by atoms with Gasteiger partial charge in [-0.15, -0.1) is 0 Å². The molecule has 9 heteroatoms. The van der Waals surface area contributed by atoms with E-state index in [0.29, 0.717) is 12.2 Å². The summed E-state index contributed by atoms with van der Waals surface area (Å²) in [4.78, 5) is 42.2. The van der Waals surface area contributed by atoms with Crippen LogP contribution in [0.1, 0.15) is 16.2 Å². The van der Waals surface area contributed by atoms with Gasteiger partial charge in [0.2, 0.25) is 0 Å². The van der Waals surface area contributed by atoms with Crippen LogP contribution in [0.5, 0.6) is 0 Å². The van der Waals surface area contributed by atoms with Crippen LogP contribution >= 0.6 is 0 Å². The van der Waals surface area contributed by atoms with Crippen LogP contribution in [0.25, 0.3) is 0 Å². The zero-order valence-corrected chi connectivity index (χ0v) is 10.3. The molecule has 0 aromatic carbocycles. The van der Waals surface area contributed by atoms with E-state index < -0.39 is 16.4 Å². The van der Waals surface area contributed by atoms with Crippen LogP contribution in [-0.2, 0) is 6.42 Å². The Kier molecular flexibility index (Phi) is 3.89. The Labute approximate surface area is 112 Å². The zero-order valence-electron chi connectivity index (χ0n) is 10.3. The first-order valence-corrected chi connectivity index (χ1v) is 5.71. The quantitative estimate of drug-likeness (QED) is 0.521. The predicted molar refractivity (Wildman–Crippen MR) is 68.3 cm³/mol. The molecule has 3 N–H and O–H groups in total. The minimum atomic E-state index is -0.685. The number of H-pyrrole nitrogens is 2. The van der Waals surface area contributed by atoms with Crippen LogP contribution < -0.4 is 10.9 Å². The fourth-order valence-corrected chi connectivity index (χ4v) is 1.57. The van der Waals surface area contributed by atoms with Gasteiger partial charge >= 0.3 is 0 Å². The second-order valence-electron chi connectivity index (χ2n) is 3.90. The Bertz CT molecular complexity index is 676. The summed E-state index contributed by atoms with van der Waals surface area (Å²) in [6, 6.07) is 0.945. The van der Waals surface area contributed by atoms with Crippen molar-refractivity contribution in [1.29, 1.82) is 0 Å². The second kappa shape index (κ2) is 5.78. The third-order valence-electron chi connectivity index (χ3n) is 2.55. The van der Waals surface area contributed by atoms with E-state index in [-0.39, 0.29) is 17.8 Å². The zero-order chi connectivity index (χ0) is 14.5. The highest BCUT2D eigenvalue weighted by Crippen LogP contribution is 2.07. The van der Waals surface area contributed by atoms with Gasteiger partial charge in [-0.2, -0.15) is 0 Å². The van der Waals surface area contributed by atoms with Crippen molar-refractivity contribution in [2.45, 2.75) is 6.42 Å². The first-order valence-electron chi connectivity index (χ1n) is 5.71. The Balaban J connectivity index is 2.03. The Morgan fingerprint density at radius 2 is 2.25 bits per heavy atom. The highest BCUT2D eigenvalue weighted by atomic mass is 16.6. The number of aromatic nitrogens is 3. The van der Waals surface area contributed by atoms with Gasteiger partial charge in [0, 0.05) is 31.4 Å². The van der Waals surface area contributed by atoms with Crippen LogP contribution in [0.2, 0.25) is 0 Å². The highest BCUT2D eigenvalue weighted by molar-refractivity contribution is 5.94. The number of rotatable bonds is 5. The number of pyridine rings is 1. The van der Waals surface area contributed by atoms with E-state index in [1.807, 2.05) is 0 Å². The number of hydrogen-bond donors (Lipinski definition) is 3. The average Bonchev–Trinajstić information content (AvgIpc) is 2.92. The Morgan fingerprint density at radius 3 is 2.90 bits per heavy atom. The van der Waals surface area contributed by atoms with E-state index >= 15 is 0 Å². The van der Waals surface area contributed by atoms with E-state index in [1.165, 1.54) is 0 Å². The summed E-state index contributed by atoms with van der Waals surface area (Å²) in [7, 11) is 0. The molecule has 9 nitrogen and oxygen atoms in total. The lowest BCUT2D eigenvalue weighted by Gasteiger charge is -2.03. The van der Waals surface area contributed by atoms with Crippen molar-refractivity contribution in [3.8, 4) is 0 Å². The van der Waals surface area contributed by atoms with Crippen molar-refractivity contribution in [1.82, 2.24) is 20.3 Å². The van der Waals surface area contributed by atoms with E-state index in [1.54, 1.807) is 12.4 Å². The molecule has 2 rings (SSSR count). The maximum absolute atomic E-state index is 11.8. The van der Waals surface area contributed by atoms with Gasteiger partial charge in [-0.3, -0.25) is 19.7 Å². The molecule has 0 bridgehead atoms. The fourth-order valence-electron chi connectivity index (χ4n) is 1.57. The monoisotopic (exact) mass is 277 g/mol. The molecular formula is C11H11N5O4. The molecule has 2 heterocycles. The van der Waals surface area contributed by atoms with Crippen molar-refractivity contribution in [2.75, 3.05) is 6.54 Å². The Morgan fingerprint density at radius 1 is 1.45 bits per heavy atom. The molecule has 1 amide bonds. The van der Waals surface area contributed by atoms with Gasteiger partial charge in [-0.1, -0.05) is 0 Å². The number of amides is 1. The van der Waals surface area contributed by atoms with Gasteiger partial charge in [-0.05, 0) is 0 Å². The van der Waals surface area contributed by atoms with Crippen LogP contribution in [0.3, 0.4) is 0 Å². The molecular weight excluding hydrogens is 266 g/mol. The lowest BCUT2D eigenvalue weighted by Crippen LogP contribution is -2.31. The summed E-state index contributed by atoms with van der Waals surface area (Å²) in [5.41, 5.74) is -1.31. The third-order valence-corrected chi connectivity index (χ3v) is 2.55. The minimum Gasteiger partial charge on any atom is -0.351 e. The van der Waals surface area contributed by atoms with Crippen molar-refractivity contribution in [2.24, 2.45) is 0 Å². The molecule has 0 spiro atoms. The number of hydrogen-bond acceptors (Lipinski definition) is 5. The summed E-state index contributed by atoms with van der Waals surface area (Å²) < 4.78 is 0. The molecule has 0 aliphatic heterocycles. The van der Waals surface area contributed by atoms with E-state index in [0.717, 1.165) is 12.3 Å². The van der Waals surface area contributed by atoms with Crippen LogP contribution in [-0.4, -0.2) is 32.3 Å². The van der Waals surface area contributed by atoms with Crippen molar-refractivity contribution >= 4 is 11.6 Å². The molecule has 2 aromatic rings. The van der Waals surface area contributed by atoms with Gasteiger partial charge in [-0.25, -0.2) is 4.98 Å². The lowest BCUT2D eigenvalue weighted by atomic mass is 10.2. The number of nitrogens with one attached hydrogen (secondary N) is 3. The number of carbonyl (C=O) groups is 1. The third kappa shape index (κ3) is 3.07. The smallest absolute Gasteiger partial charge is 0.286 e. The van der Waals surface area contributed by atoms with Crippen molar-refractivity contribution < 1.29 is 9.72 Å². The standard InChI is InChI=1S/C11H11N5O4/c17-10(14-2-1-9-12-3-4-13-9)8-5-7(16(19)20)6-15-11(8)18/h3-6H,1-2H2,(H,12,13)(H,14,17)(H,15,18). The molecule has 0 fully saturated rings. The highest BCUT2D eigenvalue weighted by Gasteiger charge is 2.15. The predicted octanol–water partition coefficient (Wildman–Crippen LogP) is -0.0213. The molecule has 0 atom stereocenters. The summed E-state index contributed by atoms with van der Waals surface area (Å²) in [6.07, 6.45) is 4.65. The van der Waals surface area contributed by atoms with Crippen LogP contribution in [0.15, 0.2) is 29.5 Å². The molecule has 20 heavy (non-hydrogen) atoms. The molecule has 0 aliphatic carbocycles. The van der Waals surface area contributed by atoms with Crippen molar-refractivity contribution in [3.63, 3.8) is 0 Å². The molecule has 2 aromatic heterocycles. The van der Waals surface area contributed by atoms with Gasteiger partial charge < -0.3 is 15.3 Å². The number of aromatic amines is 2. The van der Waals surface area contributed by atoms with Gasteiger partial charge in [0.25, 0.3) is 17.2 Å².